The van der Waals surface area contributed by atoms with Gasteiger partial charge in [0.25, 0.3) is 0 Å². The number of rotatable bonds is 1. The van der Waals surface area contributed by atoms with Crippen LogP contribution in [0.3, 0.4) is 0 Å². The maximum absolute atomic E-state index is 11.2. The second-order valence-electron chi connectivity index (χ2n) is 6.27. The molecule has 0 saturated heterocycles. The molecule has 0 amide bonds. The molecule has 3 atom stereocenters. The predicted octanol–water partition coefficient (Wildman–Crippen LogP) is 3.88. The fraction of sp³-hybridized carbons (Fsp3) is 0.562. The summed E-state index contributed by atoms with van der Waals surface area (Å²) in [5.41, 5.74) is 2.77. The van der Waals surface area contributed by atoms with Crippen molar-refractivity contribution in [3.05, 3.63) is 39.4 Å². The van der Waals surface area contributed by atoms with E-state index in [2.05, 4.69) is 38.4 Å². The molecule has 1 aromatic rings. The monoisotopic (exact) mass is 275 g/mol. The molecule has 3 heteroatoms. The van der Waals surface area contributed by atoms with E-state index in [9.17, 15) is 5.11 Å². The molecule has 2 bridgehead atoms. The van der Waals surface area contributed by atoms with Crippen LogP contribution in [-0.4, -0.2) is 10.1 Å². The highest BCUT2D eigenvalue weighted by molar-refractivity contribution is 7.11. The Balaban J connectivity index is 2.10. The molecule has 0 aliphatic heterocycles. The lowest BCUT2D eigenvalue weighted by Crippen LogP contribution is -2.41. The van der Waals surface area contributed by atoms with Crippen LogP contribution in [0.4, 0.5) is 0 Å². The van der Waals surface area contributed by atoms with Gasteiger partial charge in [0.1, 0.15) is 10.6 Å². The summed E-state index contributed by atoms with van der Waals surface area (Å²) >= 11 is 1.63. The van der Waals surface area contributed by atoms with Crippen molar-refractivity contribution in [2.75, 3.05) is 0 Å². The first-order valence-electron chi connectivity index (χ1n) is 6.84. The Kier molecular flexibility index (Phi) is 2.61. The van der Waals surface area contributed by atoms with Crippen LogP contribution >= 0.6 is 11.3 Å². The van der Waals surface area contributed by atoms with E-state index in [0.29, 0.717) is 0 Å². The Bertz CT molecular complexity index is 580. The number of fused-ring (bicyclic) bond motifs is 2. The summed E-state index contributed by atoms with van der Waals surface area (Å²) in [5.74, 6) is 0.0243. The Morgan fingerprint density at radius 3 is 2.63 bits per heavy atom. The van der Waals surface area contributed by atoms with Gasteiger partial charge in [-0.05, 0) is 33.6 Å². The van der Waals surface area contributed by atoms with Gasteiger partial charge in [0.15, 0.2) is 0 Å². The molecule has 1 fully saturated rings. The summed E-state index contributed by atoms with van der Waals surface area (Å²) in [7, 11) is 0. The maximum Gasteiger partial charge on any atom is 0.126 e. The van der Waals surface area contributed by atoms with Crippen LogP contribution in [0.25, 0.3) is 0 Å². The lowest BCUT2D eigenvalue weighted by atomic mass is 9.65. The van der Waals surface area contributed by atoms with E-state index >= 15 is 0 Å². The van der Waals surface area contributed by atoms with Gasteiger partial charge in [-0.3, -0.25) is 0 Å². The minimum Gasteiger partial charge on any atom is -0.382 e. The van der Waals surface area contributed by atoms with Crippen LogP contribution in [0.15, 0.2) is 23.8 Å². The van der Waals surface area contributed by atoms with Gasteiger partial charge in [-0.2, -0.15) is 0 Å². The molecule has 0 unspecified atom stereocenters. The first kappa shape index (κ1) is 13.1. The number of hydrogen-bond acceptors (Lipinski definition) is 3. The van der Waals surface area contributed by atoms with Gasteiger partial charge in [-0.15, -0.1) is 11.3 Å². The highest BCUT2D eigenvalue weighted by Crippen LogP contribution is 2.60. The van der Waals surface area contributed by atoms with E-state index in [0.717, 1.165) is 29.1 Å². The first-order chi connectivity index (χ1) is 8.79. The van der Waals surface area contributed by atoms with Gasteiger partial charge >= 0.3 is 0 Å². The van der Waals surface area contributed by atoms with E-state index in [-0.39, 0.29) is 11.3 Å². The summed E-state index contributed by atoms with van der Waals surface area (Å²) in [5, 5.41) is 12.1. The van der Waals surface area contributed by atoms with Gasteiger partial charge in [-0.1, -0.05) is 30.7 Å². The average Bonchev–Trinajstić information content (AvgIpc) is 2.77. The number of aliphatic hydroxyl groups is 1. The van der Waals surface area contributed by atoms with Gasteiger partial charge in [0, 0.05) is 16.2 Å². The van der Waals surface area contributed by atoms with E-state index in [1.54, 1.807) is 11.3 Å². The van der Waals surface area contributed by atoms with Crippen molar-refractivity contribution < 1.29 is 5.11 Å². The smallest absolute Gasteiger partial charge is 0.126 e. The molecule has 0 radical (unpaired) electrons. The second kappa shape index (κ2) is 3.80. The van der Waals surface area contributed by atoms with Crippen LogP contribution in [0.2, 0.25) is 0 Å². The van der Waals surface area contributed by atoms with Crippen molar-refractivity contribution in [2.24, 2.45) is 11.3 Å². The normalized spacial score (nSPS) is 37.6. The van der Waals surface area contributed by atoms with Gasteiger partial charge in [-0.25, -0.2) is 4.98 Å². The molecule has 0 aromatic carbocycles. The highest BCUT2D eigenvalue weighted by atomic mass is 32.1. The van der Waals surface area contributed by atoms with Gasteiger partial charge in [0.05, 0.1) is 5.69 Å². The molecule has 1 aromatic heterocycles. The molecule has 2 aliphatic carbocycles. The lowest BCUT2D eigenvalue weighted by molar-refractivity contribution is -0.0251. The maximum atomic E-state index is 11.2. The number of thiazole rings is 1. The van der Waals surface area contributed by atoms with E-state index in [1.807, 2.05) is 6.92 Å². The summed E-state index contributed by atoms with van der Waals surface area (Å²) in [6.45, 7) is 12.8. The number of allylic oxidation sites excluding steroid dienone is 1. The fourth-order valence-corrected chi connectivity index (χ4v) is 4.48. The number of nitrogens with zero attached hydrogens (tertiary/aromatic N) is 1. The SMILES string of the molecule is C=C1[C@H]2C=C(C)[C@]1(C)CC[C@]2(O)c1nc(C)c(C)s1. The molecule has 19 heavy (non-hydrogen) atoms. The highest BCUT2D eigenvalue weighted by Gasteiger charge is 2.54. The quantitative estimate of drug-likeness (QED) is 0.789. The summed E-state index contributed by atoms with van der Waals surface area (Å²) in [6.07, 6.45) is 3.94. The van der Waals surface area contributed by atoms with Gasteiger partial charge < -0.3 is 5.11 Å². The second-order valence-corrected chi connectivity index (χ2v) is 7.47. The van der Waals surface area contributed by atoms with Gasteiger partial charge in [0.2, 0.25) is 0 Å². The van der Waals surface area contributed by atoms with Crippen LogP contribution in [0.5, 0.6) is 0 Å². The standard InChI is InChI=1S/C16H21NOS/c1-9-8-13-10(2)15(9,5)6-7-16(13,18)14-17-11(3)12(4)19-14/h8,13,18H,2,6-7H2,1,3-5H3/t13-,15+,16-/m1/s1. The first-order valence-corrected chi connectivity index (χ1v) is 7.66. The number of hydrogen-bond donors (Lipinski definition) is 1. The lowest BCUT2D eigenvalue weighted by Gasteiger charge is -2.43. The summed E-state index contributed by atoms with van der Waals surface area (Å²) in [6, 6.07) is 0. The zero-order valence-corrected chi connectivity index (χ0v) is 12.9. The molecule has 1 saturated carbocycles. The minimum absolute atomic E-state index is 0.0243. The topological polar surface area (TPSA) is 33.1 Å². The molecule has 2 aliphatic rings. The molecular formula is C16H21NOS. The molecule has 3 rings (SSSR count). The van der Waals surface area contributed by atoms with Crippen molar-refractivity contribution in [1.82, 2.24) is 4.98 Å². The zero-order valence-electron chi connectivity index (χ0n) is 12.1. The Morgan fingerprint density at radius 1 is 1.37 bits per heavy atom. The predicted molar refractivity (Wildman–Crippen MR) is 79.2 cm³/mol. The molecule has 1 heterocycles. The van der Waals surface area contributed by atoms with E-state index < -0.39 is 5.60 Å². The van der Waals surface area contributed by atoms with Crippen LogP contribution in [0, 0.1) is 25.2 Å². The van der Waals surface area contributed by atoms with Crippen molar-refractivity contribution >= 4 is 11.3 Å². The molecule has 0 spiro atoms. The largest absolute Gasteiger partial charge is 0.382 e. The molecule has 2 nitrogen and oxygen atoms in total. The van der Waals surface area contributed by atoms with E-state index in [4.69, 9.17) is 0 Å². The Morgan fingerprint density at radius 2 is 2.05 bits per heavy atom. The van der Waals surface area contributed by atoms with Crippen LogP contribution < -0.4 is 0 Å². The Labute approximate surface area is 118 Å². The third-order valence-corrected chi connectivity index (χ3v) is 6.53. The van der Waals surface area contributed by atoms with E-state index in [1.165, 1.54) is 10.5 Å². The molecule has 1 N–H and O–H groups in total. The van der Waals surface area contributed by atoms with Crippen LogP contribution in [0.1, 0.15) is 42.3 Å². The number of aryl methyl sites for hydroxylation is 2. The van der Waals surface area contributed by atoms with Crippen molar-refractivity contribution in [3.8, 4) is 0 Å². The van der Waals surface area contributed by atoms with Crippen molar-refractivity contribution in [2.45, 2.75) is 46.1 Å². The Hall–Kier alpha value is -0.930. The third-order valence-electron chi connectivity index (χ3n) is 5.29. The average molecular weight is 275 g/mol. The molecule has 102 valence electrons. The minimum atomic E-state index is -0.849. The third kappa shape index (κ3) is 1.55. The van der Waals surface area contributed by atoms with Crippen LogP contribution in [-0.2, 0) is 5.60 Å². The summed E-state index contributed by atoms with van der Waals surface area (Å²) < 4.78 is 0. The van der Waals surface area contributed by atoms with Crippen molar-refractivity contribution in [1.29, 1.82) is 0 Å². The summed E-state index contributed by atoms with van der Waals surface area (Å²) in [4.78, 5) is 5.80. The fourth-order valence-electron chi connectivity index (χ4n) is 3.41. The van der Waals surface area contributed by atoms with Crippen molar-refractivity contribution in [3.63, 3.8) is 0 Å². The number of aromatic nitrogens is 1. The molecular weight excluding hydrogens is 254 g/mol. The zero-order chi connectivity index (χ0) is 14.0.